The van der Waals surface area contributed by atoms with Gasteiger partial charge in [-0.05, 0) is 29.7 Å². The summed E-state index contributed by atoms with van der Waals surface area (Å²) in [4.78, 5) is 0. The molecule has 0 aliphatic heterocycles. The van der Waals surface area contributed by atoms with Gasteiger partial charge in [-0.1, -0.05) is 53.7 Å². The van der Waals surface area contributed by atoms with Crippen molar-refractivity contribution < 1.29 is 9.47 Å². The van der Waals surface area contributed by atoms with Gasteiger partial charge in [0.2, 0.25) is 0 Å². The maximum atomic E-state index is 6.09. The lowest BCUT2D eigenvalue weighted by Crippen LogP contribution is -2.21. The zero-order chi connectivity index (χ0) is 17.7. The second-order valence-electron chi connectivity index (χ2n) is 8.00. The Balaban J connectivity index is 3.39. The van der Waals surface area contributed by atoms with E-state index in [9.17, 15) is 0 Å². The summed E-state index contributed by atoms with van der Waals surface area (Å²) in [5, 5.41) is 0. The van der Waals surface area contributed by atoms with E-state index in [1.165, 1.54) is 16.7 Å². The molecule has 3 heteroatoms. The Hall–Kier alpha value is -0.730. The van der Waals surface area contributed by atoms with Gasteiger partial charge in [0.05, 0.1) is 12.5 Å². The van der Waals surface area contributed by atoms with Crippen molar-refractivity contribution >= 4 is 11.6 Å². The molecule has 0 bridgehead atoms. The molecule has 0 spiro atoms. The zero-order valence-electron chi connectivity index (χ0n) is 15.9. The molecule has 0 aliphatic carbocycles. The summed E-state index contributed by atoms with van der Waals surface area (Å²) in [5.74, 6) is 1.50. The topological polar surface area (TPSA) is 18.5 Å². The molecule has 0 saturated carbocycles. The first kappa shape index (κ1) is 20.3. The largest absolute Gasteiger partial charge is 0.492 e. The molecule has 0 aliphatic rings. The van der Waals surface area contributed by atoms with Crippen LogP contribution in [0.2, 0.25) is 0 Å². The van der Waals surface area contributed by atoms with Gasteiger partial charge < -0.3 is 9.47 Å². The number of hydrogen-bond donors (Lipinski definition) is 0. The molecule has 1 aromatic rings. The lowest BCUT2D eigenvalue weighted by atomic mass is 9.78. The van der Waals surface area contributed by atoms with E-state index in [4.69, 9.17) is 21.1 Å². The predicted octanol–water partition coefficient (Wildman–Crippen LogP) is 5.48. The van der Waals surface area contributed by atoms with Crippen LogP contribution in [-0.4, -0.2) is 25.7 Å². The quantitative estimate of drug-likeness (QED) is 0.483. The van der Waals surface area contributed by atoms with E-state index in [1.54, 1.807) is 0 Å². The summed E-state index contributed by atoms with van der Waals surface area (Å²) in [6.07, 6.45) is 0.926. The third-order valence-corrected chi connectivity index (χ3v) is 3.98. The van der Waals surface area contributed by atoms with Gasteiger partial charge in [-0.15, -0.1) is 11.6 Å². The summed E-state index contributed by atoms with van der Waals surface area (Å²) < 4.78 is 11.6. The highest BCUT2D eigenvalue weighted by Crippen LogP contribution is 2.40. The van der Waals surface area contributed by atoms with E-state index >= 15 is 0 Å². The van der Waals surface area contributed by atoms with Crippen molar-refractivity contribution in [3.8, 4) is 5.75 Å². The average molecular weight is 341 g/mol. The smallest absolute Gasteiger partial charge is 0.126 e. The van der Waals surface area contributed by atoms with E-state index in [2.05, 4.69) is 53.7 Å². The van der Waals surface area contributed by atoms with Crippen molar-refractivity contribution in [2.45, 2.75) is 65.7 Å². The summed E-state index contributed by atoms with van der Waals surface area (Å²) >= 11 is 5.86. The van der Waals surface area contributed by atoms with Gasteiger partial charge in [0.25, 0.3) is 0 Å². The summed E-state index contributed by atoms with van der Waals surface area (Å²) in [6.45, 7) is 17.5. The van der Waals surface area contributed by atoms with Crippen molar-refractivity contribution in [2.75, 3.05) is 25.7 Å². The van der Waals surface area contributed by atoms with E-state index < -0.39 is 0 Å². The summed E-state index contributed by atoms with van der Waals surface area (Å²) in [6, 6.07) is 4.55. The molecule has 1 aromatic carbocycles. The number of hydrogen-bond acceptors (Lipinski definition) is 2. The Morgan fingerprint density at radius 2 is 1.43 bits per heavy atom. The number of alkyl halides is 1. The van der Waals surface area contributed by atoms with Gasteiger partial charge in [-0.25, -0.2) is 0 Å². The molecule has 0 radical (unpaired) electrons. The van der Waals surface area contributed by atoms with Crippen LogP contribution >= 0.6 is 11.6 Å². The molecule has 0 saturated heterocycles. The number of rotatable bonds is 7. The maximum Gasteiger partial charge on any atom is 0.126 e. The van der Waals surface area contributed by atoms with Crippen LogP contribution in [0.25, 0.3) is 0 Å². The van der Waals surface area contributed by atoms with Crippen molar-refractivity contribution in [3.05, 3.63) is 28.8 Å². The second kappa shape index (κ2) is 8.39. The van der Waals surface area contributed by atoms with Gasteiger partial charge in [-0.2, -0.15) is 0 Å². The minimum absolute atomic E-state index is 0.0171. The Morgan fingerprint density at radius 1 is 0.913 bits per heavy atom. The molecule has 0 aromatic heterocycles. The molecule has 0 unspecified atom stereocenters. The predicted molar refractivity (Wildman–Crippen MR) is 100 cm³/mol. The van der Waals surface area contributed by atoms with Gasteiger partial charge in [0.1, 0.15) is 12.4 Å². The molecule has 132 valence electrons. The Bertz CT molecular complexity index is 460. The average Bonchev–Trinajstić information content (AvgIpc) is 2.43. The Morgan fingerprint density at radius 3 is 1.83 bits per heavy atom. The van der Waals surface area contributed by atoms with E-state index in [0.717, 1.165) is 25.4 Å². The van der Waals surface area contributed by atoms with Crippen molar-refractivity contribution in [1.82, 2.24) is 0 Å². The minimum Gasteiger partial charge on any atom is -0.492 e. The normalized spacial score (nSPS) is 12.5. The van der Waals surface area contributed by atoms with Crippen LogP contribution in [0, 0.1) is 0 Å². The molecule has 2 nitrogen and oxygen atoms in total. The van der Waals surface area contributed by atoms with Gasteiger partial charge in [0.15, 0.2) is 0 Å². The fourth-order valence-corrected chi connectivity index (χ4v) is 2.65. The molecule has 0 amide bonds. The fraction of sp³-hybridized carbons (Fsp3) is 0.700. The van der Waals surface area contributed by atoms with Gasteiger partial charge in [0, 0.05) is 17.7 Å². The van der Waals surface area contributed by atoms with Gasteiger partial charge in [-0.3, -0.25) is 0 Å². The molecule has 0 heterocycles. The Labute approximate surface area is 147 Å². The van der Waals surface area contributed by atoms with Crippen LogP contribution in [-0.2, 0) is 22.0 Å². The Kier molecular flexibility index (Phi) is 7.41. The van der Waals surface area contributed by atoms with Crippen LogP contribution in [0.5, 0.6) is 5.75 Å². The molecular formula is C20H33ClO2. The second-order valence-corrected chi connectivity index (χ2v) is 8.38. The van der Waals surface area contributed by atoms with Crippen molar-refractivity contribution in [1.29, 1.82) is 0 Å². The highest BCUT2D eigenvalue weighted by molar-refractivity contribution is 6.18. The first-order valence-corrected chi connectivity index (χ1v) is 9.09. The summed E-state index contributed by atoms with van der Waals surface area (Å²) in [5.41, 5.74) is 3.85. The van der Waals surface area contributed by atoms with Crippen LogP contribution < -0.4 is 4.74 Å². The SMILES string of the molecule is CCOCCc1cc(C(C)(C)C)c(OCCCl)c(C(C)(C)C)c1. The highest BCUT2D eigenvalue weighted by atomic mass is 35.5. The molecule has 23 heavy (non-hydrogen) atoms. The molecule has 0 fully saturated rings. The summed E-state index contributed by atoms with van der Waals surface area (Å²) in [7, 11) is 0. The third-order valence-electron chi connectivity index (χ3n) is 3.83. The highest BCUT2D eigenvalue weighted by Gasteiger charge is 2.27. The lowest BCUT2D eigenvalue weighted by Gasteiger charge is -2.30. The van der Waals surface area contributed by atoms with Crippen LogP contribution in [0.4, 0.5) is 0 Å². The standard InChI is InChI=1S/C20H33ClO2/c1-8-22-11-9-15-13-16(19(2,3)4)18(23-12-10-21)17(14-15)20(5,6)7/h13-14H,8-12H2,1-7H3. The first-order valence-electron chi connectivity index (χ1n) is 8.55. The monoisotopic (exact) mass is 340 g/mol. The molecular weight excluding hydrogens is 308 g/mol. The van der Waals surface area contributed by atoms with E-state index in [0.29, 0.717) is 12.5 Å². The number of ether oxygens (including phenoxy) is 2. The first-order chi connectivity index (χ1) is 10.6. The zero-order valence-corrected chi connectivity index (χ0v) is 16.6. The third kappa shape index (κ3) is 6.00. The van der Waals surface area contributed by atoms with Crippen molar-refractivity contribution in [2.24, 2.45) is 0 Å². The molecule has 0 atom stereocenters. The maximum absolute atomic E-state index is 6.09. The molecule has 1 rings (SSSR count). The van der Waals surface area contributed by atoms with Gasteiger partial charge >= 0.3 is 0 Å². The lowest BCUT2D eigenvalue weighted by molar-refractivity contribution is 0.151. The molecule has 0 N–H and O–H groups in total. The van der Waals surface area contributed by atoms with Crippen LogP contribution in [0.3, 0.4) is 0 Å². The minimum atomic E-state index is 0.0171. The number of halogens is 1. The van der Waals surface area contributed by atoms with Crippen molar-refractivity contribution in [3.63, 3.8) is 0 Å². The number of benzene rings is 1. The van der Waals surface area contributed by atoms with E-state index in [-0.39, 0.29) is 10.8 Å². The van der Waals surface area contributed by atoms with Crippen LogP contribution in [0.1, 0.15) is 65.2 Å². The van der Waals surface area contributed by atoms with Crippen LogP contribution in [0.15, 0.2) is 12.1 Å². The van der Waals surface area contributed by atoms with E-state index in [1.807, 2.05) is 6.92 Å². The fourth-order valence-electron chi connectivity index (χ4n) is 2.58.